The van der Waals surface area contributed by atoms with Crippen LogP contribution in [0.15, 0.2) is 5.29 Å². The molecule has 0 aromatic carbocycles. The fraction of sp³-hybridized carbons (Fsp3) is 0.889. The number of hydrogen-bond acceptors (Lipinski definition) is 3. The van der Waals surface area contributed by atoms with E-state index in [0.29, 0.717) is 25.3 Å². The normalized spacial score (nSPS) is 18.7. The topological polar surface area (TPSA) is 49.7 Å². The van der Waals surface area contributed by atoms with Crippen molar-refractivity contribution in [3.63, 3.8) is 0 Å². The lowest BCUT2D eigenvalue weighted by atomic mass is 9.91. The first kappa shape index (κ1) is 10.2. The van der Waals surface area contributed by atoms with E-state index in [1.807, 2.05) is 6.92 Å². The number of piperidine rings is 1. The van der Waals surface area contributed by atoms with Gasteiger partial charge in [-0.2, -0.15) is 0 Å². The number of carbonyl (C=O) groups excluding carboxylic acids is 1. The highest BCUT2D eigenvalue weighted by molar-refractivity contribution is 5.81. The third kappa shape index (κ3) is 2.79. The van der Waals surface area contributed by atoms with Crippen LogP contribution in [0.2, 0.25) is 0 Å². The van der Waals surface area contributed by atoms with Gasteiger partial charge in [0.05, 0.1) is 5.29 Å². The summed E-state index contributed by atoms with van der Waals surface area (Å²) in [6.45, 7) is 3.30. The Hall–Kier alpha value is -0.930. The minimum atomic E-state index is 0.179. The lowest BCUT2D eigenvalue weighted by Crippen LogP contribution is -2.32. The maximum atomic E-state index is 11.5. The Kier molecular flexibility index (Phi) is 3.86. The molecule has 13 heavy (non-hydrogen) atoms. The molecule has 4 nitrogen and oxygen atoms in total. The van der Waals surface area contributed by atoms with Gasteiger partial charge in [-0.3, -0.25) is 9.80 Å². The van der Waals surface area contributed by atoms with E-state index >= 15 is 0 Å². The molecule has 0 bridgehead atoms. The predicted molar refractivity (Wildman–Crippen MR) is 50.0 cm³/mol. The summed E-state index contributed by atoms with van der Waals surface area (Å²) in [7, 11) is 0. The summed E-state index contributed by atoms with van der Waals surface area (Å²) in [5.74, 6) is 0.533. The standard InChI is InChI=1S/C9H16N2O2/c1-2-3-9(12)8-4-6-11(10-13)7-5-8/h8H,2-7H2,1H3. The summed E-state index contributed by atoms with van der Waals surface area (Å²) in [5.41, 5.74) is 0. The third-order valence-corrected chi connectivity index (χ3v) is 2.54. The van der Waals surface area contributed by atoms with Crippen LogP contribution in [-0.4, -0.2) is 23.9 Å². The van der Waals surface area contributed by atoms with Gasteiger partial charge in [0, 0.05) is 25.4 Å². The van der Waals surface area contributed by atoms with Gasteiger partial charge < -0.3 is 0 Å². The maximum Gasteiger partial charge on any atom is 0.136 e. The molecule has 0 radical (unpaired) electrons. The number of carbonyl (C=O) groups is 1. The Balaban J connectivity index is 2.31. The van der Waals surface area contributed by atoms with Crippen molar-refractivity contribution in [2.45, 2.75) is 32.6 Å². The molecule has 0 atom stereocenters. The zero-order valence-electron chi connectivity index (χ0n) is 8.03. The summed E-state index contributed by atoms with van der Waals surface area (Å²) in [6.07, 6.45) is 3.19. The zero-order chi connectivity index (χ0) is 9.68. The first-order valence-electron chi connectivity index (χ1n) is 4.88. The molecule has 0 aliphatic carbocycles. The molecule has 0 amide bonds. The SMILES string of the molecule is CCCC(=O)C1CCN(N=O)CC1. The summed E-state index contributed by atoms with van der Waals surface area (Å²) in [6, 6.07) is 0. The van der Waals surface area contributed by atoms with E-state index in [1.54, 1.807) is 0 Å². The number of ketones is 1. The van der Waals surface area contributed by atoms with Gasteiger partial charge in [0.2, 0.25) is 0 Å². The van der Waals surface area contributed by atoms with Crippen LogP contribution in [0, 0.1) is 10.8 Å². The quantitative estimate of drug-likeness (QED) is 0.625. The first-order chi connectivity index (χ1) is 6.27. The molecule has 1 heterocycles. The molecular weight excluding hydrogens is 168 g/mol. The van der Waals surface area contributed by atoms with Gasteiger partial charge in [-0.1, -0.05) is 6.92 Å². The number of Topliss-reactive ketones (excluding diaryl/α,β-unsaturated/α-hetero) is 1. The van der Waals surface area contributed by atoms with E-state index < -0.39 is 0 Å². The van der Waals surface area contributed by atoms with E-state index in [0.717, 1.165) is 19.3 Å². The van der Waals surface area contributed by atoms with E-state index in [9.17, 15) is 9.70 Å². The van der Waals surface area contributed by atoms with Crippen LogP contribution in [-0.2, 0) is 4.79 Å². The zero-order valence-corrected chi connectivity index (χ0v) is 8.03. The average molecular weight is 184 g/mol. The second-order valence-electron chi connectivity index (χ2n) is 3.53. The van der Waals surface area contributed by atoms with Gasteiger partial charge in [0.25, 0.3) is 0 Å². The fourth-order valence-corrected chi connectivity index (χ4v) is 1.72. The van der Waals surface area contributed by atoms with Crippen LogP contribution in [0.4, 0.5) is 0 Å². The molecule has 1 fully saturated rings. The minimum absolute atomic E-state index is 0.179. The molecule has 1 rings (SSSR count). The predicted octanol–water partition coefficient (Wildman–Crippen LogP) is 1.75. The molecule has 1 aliphatic heterocycles. The highest BCUT2D eigenvalue weighted by atomic mass is 16.3. The van der Waals surface area contributed by atoms with Crippen LogP contribution in [0.3, 0.4) is 0 Å². The van der Waals surface area contributed by atoms with Crippen molar-refractivity contribution in [1.29, 1.82) is 0 Å². The largest absolute Gasteiger partial charge is 0.299 e. The number of nitrogens with zero attached hydrogens (tertiary/aromatic N) is 2. The second kappa shape index (κ2) is 4.94. The molecule has 0 unspecified atom stereocenters. The molecule has 4 heteroatoms. The molecule has 0 aromatic heterocycles. The van der Waals surface area contributed by atoms with Crippen molar-refractivity contribution in [2.75, 3.05) is 13.1 Å². The van der Waals surface area contributed by atoms with Gasteiger partial charge in [-0.25, -0.2) is 0 Å². The molecule has 0 saturated carbocycles. The van der Waals surface area contributed by atoms with Crippen LogP contribution in [0.5, 0.6) is 0 Å². The summed E-state index contributed by atoms with van der Waals surface area (Å²) < 4.78 is 0. The summed E-state index contributed by atoms with van der Waals surface area (Å²) in [4.78, 5) is 21.6. The van der Waals surface area contributed by atoms with Crippen molar-refractivity contribution in [2.24, 2.45) is 11.2 Å². The van der Waals surface area contributed by atoms with Crippen molar-refractivity contribution < 1.29 is 4.79 Å². The molecule has 74 valence electrons. The monoisotopic (exact) mass is 184 g/mol. The van der Waals surface area contributed by atoms with Crippen LogP contribution in [0.1, 0.15) is 32.6 Å². The van der Waals surface area contributed by atoms with Crippen LogP contribution in [0.25, 0.3) is 0 Å². The van der Waals surface area contributed by atoms with E-state index in [4.69, 9.17) is 0 Å². The van der Waals surface area contributed by atoms with E-state index in [2.05, 4.69) is 5.29 Å². The van der Waals surface area contributed by atoms with Gasteiger partial charge in [0.15, 0.2) is 0 Å². The Bertz CT molecular complexity index is 186. The highest BCUT2D eigenvalue weighted by Crippen LogP contribution is 2.19. The lowest BCUT2D eigenvalue weighted by Gasteiger charge is -2.26. The molecule has 1 saturated heterocycles. The van der Waals surface area contributed by atoms with E-state index in [-0.39, 0.29) is 5.92 Å². The van der Waals surface area contributed by atoms with Gasteiger partial charge >= 0.3 is 0 Å². The molecule has 1 aliphatic rings. The van der Waals surface area contributed by atoms with Gasteiger partial charge in [-0.15, -0.1) is 4.91 Å². The van der Waals surface area contributed by atoms with Gasteiger partial charge in [0.1, 0.15) is 5.78 Å². The Morgan fingerprint density at radius 3 is 2.54 bits per heavy atom. The molecule has 0 N–H and O–H groups in total. The molecular formula is C9H16N2O2. The Morgan fingerprint density at radius 1 is 1.46 bits per heavy atom. The van der Waals surface area contributed by atoms with Crippen molar-refractivity contribution in [3.05, 3.63) is 4.91 Å². The molecule has 0 spiro atoms. The summed E-state index contributed by atoms with van der Waals surface area (Å²) >= 11 is 0. The van der Waals surface area contributed by atoms with Gasteiger partial charge in [-0.05, 0) is 19.3 Å². The first-order valence-corrected chi connectivity index (χ1v) is 4.88. The number of rotatable bonds is 4. The summed E-state index contributed by atoms with van der Waals surface area (Å²) in [5, 5.41) is 4.36. The number of hydrogen-bond donors (Lipinski definition) is 0. The number of nitroso groups, excluding NO2 is 1. The average Bonchev–Trinajstić information content (AvgIpc) is 2.18. The second-order valence-corrected chi connectivity index (χ2v) is 3.53. The highest BCUT2D eigenvalue weighted by Gasteiger charge is 2.23. The van der Waals surface area contributed by atoms with Crippen molar-refractivity contribution >= 4 is 5.78 Å². The van der Waals surface area contributed by atoms with Crippen molar-refractivity contribution in [1.82, 2.24) is 5.01 Å². The maximum absolute atomic E-state index is 11.5. The Labute approximate surface area is 78.2 Å². The minimum Gasteiger partial charge on any atom is -0.299 e. The Morgan fingerprint density at radius 2 is 2.08 bits per heavy atom. The lowest BCUT2D eigenvalue weighted by molar-refractivity contribution is -0.124. The smallest absolute Gasteiger partial charge is 0.136 e. The fourth-order valence-electron chi connectivity index (χ4n) is 1.72. The van der Waals surface area contributed by atoms with Crippen molar-refractivity contribution in [3.8, 4) is 0 Å². The van der Waals surface area contributed by atoms with Crippen LogP contribution >= 0.6 is 0 Å². The third-order valence-electron chi connectivity index (χ3n) is 2.54. The van der Waals surface area contributed by atoms with Crippen LogP contribution < -0.4 is 0 Å². The van der Waals surface area contributed by atoms with E-state index in [1.165, 1.54) is 5.01 Å². The molecule has 0 aromatic rings.